The maximum Gasteiger partial charge on any atom is 0.254 e. The zero-order chi connectivity index (χ0) is 24.8. The molecule has 0 bridgehead atoms. The molecule has 0 fully saturated rings. The minimum atomic E-state index is -0.238. The Bertz CT molecular complexity index is 1190. The van der Waals surface area contributed by atoms with E-state index < -0.39 is 0 Å². The van der Waals surface area contributed by atoms with Gasteiger partial charge in [0.15, 0.2) is 0 Å². The van der Waals surface area contributed by atoms with Gasteiger partial charge in [0.25, 0.3) is 5.91 Å². The van der Waals surface area contributed by atoms with Gasteiger partial charge < -0.3 is 19.3 Å². The van der Waals surface area contributed by atoms with Gasteiger partial charge >= 0.3 is 0 Å². The molecule has 2 heterocycles. The number of carbonyl (C=O) groups is 2. The molecule has 1 aliphatic rings. The van der Waals surface area contributed by atoms with E-state index >= 15 is 0 Å². The van der Waals surface area contributed by atoms with Crippen LogP contribution in [0.5, 0.6) is 11.5 Å². The second-order valence-corrected chi connectivity index (χ2v) is 9.48. The predicted molar refractivity (Wildman–Crippen MR) is 138 cm³/mol. The maximum absolute atomic E-state index is 13.6. The lowest BCUT2D eigenvalue weighted by molar-refractivity contribution is -0.135. The van der Waals surface area contributed by atoms with Crippen LogP contribution >= 0.6 is 11.3 Å². The second-order valence-electron chi connectivity index (χ2n) is 8.48. The van der Waals surface area contributed by atoms with Gasteiger partial charge in [-0.2, -0.15) is 0 Å². The quantitative estimate of drug-likeness (QED) is 0.401. The number of amides is 2. The smallest absolute Gasteiger partial charge is 0.254 e. The van der Waals surface area contributed by atoms with E-state index in [1.807, 2.05) is 36.1 Å². The summed E-state index contributed by atoms with van der Waals surface area (Å²) in [6, 6.07) is 16.7. The van der Waals surface area contributed by atoms with Gasteiger partial charge in [-0.1, -0.05) is 29.8 Å². The molecular formula is C28H30N2O4S. The van der Waals surface area contributed by atoms with Gasteiger partial charge in [-0.25, -0.2) is 0 Å². The summed E-state index contributed by atoms with van der Waals surface area (Å²) in [7, 11) is 1.56. The van der Waals surface area contributed by atoms with Crippen molar-refractivity contribution in [3.8, 4) is 11.5 Å². The highest BCUT2D eigenvalue weighted by atomic mass is 32.1. The number of ether oxygens (including phenoxy) is 2. The van der Waals surface area contributed by atoms with E-state index in [1.165, 1.54) is 9.78 Å². The highest BCUT2D eigenvalue weighted by Gasteiger charge is 2.33. The lowest BCUT2D eigenvalue weighted by atomic mass is 10.0. The van der Waals surface area contributed by atoms with E-state index in [0.717, 1.165) is 23.3 Å². The van der Waals surface area contributed by atoms with Crippen LogP contribution in [-0.4, -0.2) is 55.0 Å². The van der Waals surface area contributed by atoms with Crippen LogP contribution in [0.15, 0.2) is 72.6 Å². The van der Waals surface area contributed by atoms with Crippen LogP contribution in [0.3, 0.4) is 0 Å². The summed E-state index contributed by atoms with van der Waals surface area (Å²) in [5, 5.41) is 2.06. The number of aryl methyl sites for hydroxylation is 1. The molecular weight excluding hydrogens is 460 g/mol. The standard InChI is InChI=1S/C28H30N2O4S/c1-4-14-29(28(32)21-6-5-7-23(17-21)33-3)18-27(31)30-15-12-26-24(13-16-35-26)25(30)19-34-22-10-8-20(2)9-11-22/h4-11,13,16-17,25H,1,12,14-15,18-19H2,2-3H3/t25-/m1/s1. The van der Waals surface area contributed by atoms with Crippen molar-refractivity contribution in [1.29, 1.82) is 0 Å². The number of rotatable bonds is 9. The number of nitrogens with zero attached hydrogens (tertiary/aromatic N) is 2. The van der Waals surface area contributed by atoms with Crippen LogP contribution in [0.25, 0.3) is 0 Å². The number of methoxy groups -OCH3 is 1. The molecule has 1 atom stereocenters. The van der Waals surface area contributed by atoms with Crippen molar-refractivity contribution in [2.75, 3.05) is 33.4 Å². The fourth-order valence-electron chi connectivity index (χ4n) is 4.25. The number of hydrogen-bond acceptors (Lipinski definition) is 5. The van der Waals surface area contributed by atoms with Crippen molar-refractivity contribution in [2.45, 2.75) is 19.4 Å². The Morgan fingerprint density at radius 1 is 1.17 bits per heavy atom. The van der Waals surface area contributed by atoms with E-state index in [0.29, 0.717) is 24.5 Å². The topological polar surface area (TPSA) is 59.1 Å². The minimum absolute atomic E-state index is 0.0391. The van der Waals surface area contributed by atoms with Gasteiger partial charge in [-0.3, -0.25) is 9.59 Å². The molecule has 0 radical (unpaired) electrons. The van der Waals surface area contributed by atoms with Crippen LogP contribution in [-0.2, 0) is 11.2 Å². The molecule has 0 aliphatic carbocycles. The average Bonchev–Trinajstić information content (AvgIpc) is 3.36. The van der Waals surface area contributed by atoms with Crippen LogP contribution in [0, 0.1) is 6.92 Å². The Hall–Kier alpha value is -3.58. The van der Waals surface area contributed by atoms with Gasteiger partial charge in [0, 0.05) is 23.5 Å². The Morgan fingerprint density at radius 3 is 2.71 bits per heavy atom. The normalized spacial score (nSPS) is 14.7. The lowest BCUT2D eigenvalue weighted by Gasteiger charge is -2.37. The molecule has 35 heavy (non-hydrogen) atoms. The van der Waals surface area contributed by atoms with Gasteiger partial charge in [0.05, 0.1) is 13.2 Å². The monoisotopic (exact) mass is 490 g/mol. The average molecular weight is 491 g/mol. The van der Waals surface area contributed by atoms with E-state index in [1.54, 1.807) is 48.8 Å². The summed E-state index contributed by atoms with van der Waals surface area (Å²) in [5.41, 5.74) is 2.75. The first-order chi connectivity index (χ1) is 17.0. The third-order valence-corrected chi connectivity index (χ3v) is 7.12. The maximum atomic E-state index is 13.6. The molecule has 7 heteroatoms. The number of benzene rings is 2. The molecule has 0 N–H and O–H groups in total. The van der Waals surface area contributed by atoms with Crippen LogP contribution < -0.4 is 9.47 Å². The number of fused-ring (bicyclic) bond motifs is 1. The molecule has 2 amide bonds. The summed E-state index contributed by atoms with van der Waals surface area (Å²) in [6.07, 6.45) is 2.43. The van der Waals surface area contributed by atoms with Gasteiger partial charge in [-0.15, -0.1) is 17.9 Å². The molecule has 182 valence electrons. The highest BCUT2D eigenvalue weighted by molar-refractivity contribution is 7.10. The SMILES string of the molecule is C=CCN(CC(=O)N1CCc2sccc2[C@H]1COc1ccc(C)cc1)C(=O)c1cccc(OC)c1. The Labute approximate surface area is 210 Å². The fourth-order valence-corrected chi connectivity index (χ4v) is 5.18. The molecule has 0 saturated heterocycles. The Morgan fingerprint density at radius 2 is 1.97 bits per heavy atom. The van der Waals surface area contributed by atoms with E-state index in [-0.39, 0.29) is 30.9 Å². The number of carbonyl (C=O) groups excluding carboxylic acids is 2. The summed E-state index contributed by atoms with van der Waals surface area (Å²) < 4.78 is 11.4. The first-order valence-corrected chi connectivity index (χ1v) is 12.5. The predicted octanol–water partition coefficient (Wildman–Crippen LogP) is 4.90. The van der Waals surface area contributed by atoms with E-state index in [2.05, 4.69) is 18.0 Å². The summed E-state index contributed by atoms with van der Waals surface area (Å²) in [4.78, 5) is 31.4. The zero-order valence-electron chi connectivity index (χ0n) is 20.1. The van der Waals surface area contributed by atoms with E-state index in [9.17, 15) is 9.59 Å². The van der Waals surface area contributed by atoms with Gasteiger partial charge in [-0.05, 0) is 60.7 Å². The highest BCUT2D eigenvalue weighted by Crippen LogP contribution is 2.34. The molecule has 2 aromatic carbocycles. The lowest BCUT2D eigenvalue weighted by Crippen LogP contribution is -2.47. The molecule has 6 nitrogen and oxygen atoms in total. The Balaban J connectivity index is 1.52. The molecule has 0 unspecified atom stereocenters. The molecule has 4 rings (SSSR count). The van der Waals surface area contributed by atoms with Gasteiger partial charge in [0.1, 0.15) is 24.7 Å². The molecule has 3 aromatic rings. The zero-order valence-corrected chi connectivity index (χ0v) is 20.9. The second kappa shape index (κ2) is 11.2. The Kier molecular flexibility index (Phi) is 7.87. The van der Waals surface area contributed by atoms with Gasteiger partial charge in [0.2, 0.25) is 5.91 Å². The van der Waals surface area contributed by atoms with Crippen molar-refractivity contribution in [3.05, 3.63) is 94.2 Å². The van der Waals surface area contributed by atoms with Crippen molar-refractivity contribution >= 4 is 23.2 Å². The first-order valence-electron chi connectivity index (χ1n) is 11.6. The minimum Gasteiger partial charge on any atom is -0.497 e. The van der Waals surface area contributed by atoms with Crippen LogP contribution in [0.4, 0.5) is 0 Å². The van der Waals surface area contributed by atoms with Crippen molar-refractivity contribution in [1.82, 2.24) is 9.80 Å². The van der Waals surface area contributed by atoms with Crippen molar-refractivity contribution in [2.24, 2.45) is 0 Å². The molecule has 0 saturated carbocycles. The number of hydrogen-bond donors (Lipinski definition) is 0. The van der Waals surface area contributed by atoms with Crippen molar-refractivity contribution < 1.29 is 19.1 Å². The molecule has 0 spiro atoms. The third kappa shape index (κ3) is 5.74. The molecule has 1 aliphatic heterocycles. The summed E-state index contributed by atoms with van der Waals surface area (Å²) in [5.74, 6) is 1.01. The fraction of sp³-hybridized carbons (Fsp3) is 0.286. The largest absolute Gasteiger partial charge is 0.497 e. The molecule has 1 aromatic heterocycles. The summed E-state index contributed by atoms with van der Waals surface area (Å²) >= 11 is 1.71. The van der Waals surface area contributed by atoms with Crippen molar-refractivity contribution in [3.63, 3.8) is 0 Å². The summed E-state index contributed by atoms with van der Waals surface area (Å²) in [6.45, 7) is 6.97. The first kappa shape index (κ1) is 24.5. The number of thiophene rings is 1. The third-order valence-electron chi connectivity index (χ3n) is 6.12. The van der Waals surface area contributed by atoms with E-state index in [4.69, 9.17) is 9.47 Å². The van der Waals surface area contributed by atoms with Crippen LogP contribution in [0.2, 0.25) is 0 Å². The van der Waals surface area contributed by atoms with Crippen LogP contribution in [0.1, 0.15) is 32.4 Å².